The first-order valence-electron chi connectivity index (χ1n) is 10.3. The molecule has 5 rings (SSSR count). The van der Waals surface area contributed by atoms with Gasteiger partial charge in [0.2, 0.25) is 0 Å². The summed E-state index contributed by atoms with van der Waals surface area (Å²) >= 11 is 6.00. The molecule has 0 fully saturated rings. The first-order chi connectivity index (χ1) is 14.9. The van der Waals surface area contributed by atoms with Crippen molar-refractivity contribution in [2.75, 3.05) is 10.0 Å². The lowest BCUT2D eigenvalue weighted by atomic mass is 9.77. The zero-order valence-corrected chi connectivity index (χ0v) is 18.6. The molecule has 3 aromatic carbocycles. The summed E-state index contributed by atoms with van der Waals surface area (Å²) in [6, 6.07) is 21.1. The molecule has 0 saturated carbocycles. The molecule has 0 unspecified atom stereocenters. The third kappa shape index (κ3) is 3.73. The highest BCUT2D eigenvalue weighted by atomic mass is 35.5. The lowest BCUT2D eigenvalue weighted by Crippen LogP contribution is -2.29. The highest BCUT2D eigenvalue weighted by Crippen LogP contribution is 2.50. The van der Waals surface area contributed by atoms with Gasteiger partial charge in [0, 0.05) is 16.6 Å². The van der Waals surface area contributed by atoms with Crippen molar-refractivity contribution < 1.29 is 8.42 Å². The molecule has 4 nitrogen and oxygen atoms in total. The molecule has 0 saturated heterocycles. The third-order valence-electron chi connectivity index (χ3n) is 6.24. The van der Waals surface area contributed by atoms with Gasteiger partial charge in [0.05, 0.1) is 16.6 Å². The SMILES string of the molecule is Cc1cc(Cl)ccc1NS(=O)(=O)c1ccc2c(c1)[C@H]1C=CC[C@H]1[C@@H](c1ccccc1)N2. The fourth-order valence-corrected chi connectivity index (χ4v) is 6.07. The lowest BCUT2D eigenvalue weighted by Gasteiger charge is -2.37. The molecular formula is C25H23ClN2O2S. The molecule has 6 heteroatoms. The molecule has 0 bridgehead atoms. The van der Waals surface area contributed by atoms with E-state index in [0.29, 0.717) is 16.6 Å². The summed E-state index contributed by atoms with van der Waals surface area (Å²) in [7, 11) is -3.72. The van der Waals surface area contributed by atoms with Crippen LogP contribution in [0.2, 0.25) is 5.02 Å². The first kappa shape index (κ1) is 20.2. The van der Waals surface area contributed by atoms with Gasteiger partial charge in [-0.2, -0.15) is 0 Å². The Morgan fingerprint density at radius 1 is 1.03 bits per heavy atom. The molecule has 2 aliphatic rings. The van der Waals surface area contributed by atoms with Crippen LogP contribution < -0.4 is 10.0 Å². The molecule has 2 N–H and O–H groups in total. The maximum atomic E-state index is 13.1. The second kappa shape index (κ2) is 7.74. The van der Waals surface area contributed by atoms with Crippen molar-refractivity contribution in [3.63, 3.8) is 0 Å². The Morgan fingerprint density at radius 2 is 1.84 bits per heavy atom. The van der Waals surface area contributed by atoms with Gasteiger partial charge in [0.1, 0.15) is 0 Å². The standard InChI is InChI=1S/C25H23ClN2O2S/c1-16-14-18(26)10-12-23(16)28-31(29,30)19-11-13-24-22(15-19)20-8-5-9-21(20)25(27-24)17-6-3-2-4-7-17/h2-8,10-15,20-21,25,27-28H,9H2,1H3/t20-,21+,25+/m0/s1. The molecule has 158 valence electrons. The summed E-state index contributed by atoms with van der Waals surface area (Å²) in [6.07, 6.45) is 5.39. The monoisotopic (exact) mass is 450 g/mol. The molecule has 0 aromatic heterocycles. The Bertz CT molecular complexity index is 1270. The van der Waals surface area contributed by atoms with E-state index in [0.717, 1.165) is 23.2 Å². The van der Waals surface area contributed by atoms with E-state index in [9.17, 15) is 8.42 Å². The van der Waals surface area contributed by atoms with Crippen LogP contribution in [0.4, 0.5) is 11.4 Å². The van der Waals surface area contributed by atoms with Gasteiger partial charge >= 0.3 is 0 Å². The maximum Gasteiger partial charge on any atom is 0.261 e. The van der Waals surface area contributed by atoms with Gasteiger partial charge in [0.15, 0.2) is 0 Å². The average Bonchev–Trinajstić information content (AvgIpc) is 3.26. The normalized spacial score (nSPS) is 21.8. The van der Waals surface area contributed by atoms with Gasteiger partial charge in [-0.25, -0.2) is 8.42 Å². The Kier molecular flexibility index (Phi) is 5.03. The lowest BCUT2D eigenvalue weighted by molar-refractivity contribution is 0.425. The Balaban J connectivity index is 1.49. The summed E-state index contributed by atoms with van der Waals surface area (Å²) < 4.78 is 28.9. The van der Waals surface area contributed by atoms with Crippen LogP contribution >= 0.6 is 11.6 Å². The predicted octanol–water partition coefficient (Wildman–Crippen LogP) is 6.28. The number of hydrogen-bond donors (Lipinski definition) is 2. The van der Waals surface area contributed by atoms with Crippen LogP contribution in [-0.2, 0) is 10.0 Å². The van der Waals surface area contributed by atoms with Crippen LogP contribution in [0.15, 0.2) is 83.8 Å². The van der Waals surface area contributed by atoms with Crippen LogP contribution in [0.3, 0.4) is 0 Å². The number of hydrogen-bond acceptors (Lipinski definition) is 3. The van der Waals surface area contributed by atoms with Gasteiger partial charge in [0.25, 0.3) is 10.0 Å². The highest BCUT2D eigenvalue weighted by molar-refractivity contribution is 7.92. The molecule has 1 heterocycles. The molecule has 1 aliphatic carbocycles. The van der Waals surface area contributed by atoms with E-state index in [-0.39, 0.29) is 16.9 Å². The minimum atomic E-state index is -3.72. The summed E-state index contributed by atoms with van der Waals surface area (Å²) in [5.74, 6) is 0.549. The number of rotatable bonds is 4. The number of nitrogens with one attached hydrogen (secondary N) is 2. The molecule has 3 aromatic rings. The highest BCUT2D eigenvalue weighted by Gasteiger charge is 2.38. The molecule has 1 aliphatic heterocycles. The number of benzene rings is 3. The number of anilines is 2. The van der Waals surface area contributed by atoms with Crippen LogP contribution in [-0.4, -0.2) is 8.42 Å². The second-order valence-electron chi connectivity index (χ2n) is 8.20. The van der Waals surface area contributed by atoms with Crippen molar-refractivity contribution in [3.05, 3.63) is 101 Å². The first-order valence-corrected chi connectivity index (χ1v) is 12.2. The van der Waals surface area contributed by atoms with E-state index >= 15 is 0 Å². The van der Waals surface area contributed by atoms with Gasteiger partial charge in [-0.15, -0.1) is 0 Å². The van der Waals surface area contributed by atoms with E-state index < -0.39 is 10.0 Å². The zero-order chi connectivity index (χ0) is 21.6. The third-order valence-corrected chi connectivity index (χ3v) is 7.83. The molecule has 0 amide bonds. The van der Waals surface area contributed by atoms with Crippen LogP contribution in [0.25, 0.3) is 0 Å². The zero-order valence-electron chi connectivity index (χ0n) is 17.0. The van der Waals surface area contributed by atoms with Crippen molar-refractivity contribution in [1.82, 2.24) is 0 Å². The summed E-state index contributed by atoms with van der Waals surface area (Å²) in [5.41, 5.74) is 4.58. The van der Waals surface area contributed by atoms with E-state index in [2.05, 4.69) is 46.5 Å². The predicted molar refractivity (Wildman–Crippen MR) is 126 cm³/mol. The van der Waals surface area contributed by atoms with Crippen molar-refractivity contribution in [2.45, 2.75) is 30.2 Å². The van der Waals surface area contributed by atoms with Crippen molar-refractivity contribution in [3.8, 4) is 0 Å². The summed E-state index contributed by atoms with van der Waals surface area (Å²) in [4.78, 5) is 0.264. The second-order valence-corrected chi connectivity index (χ2v) is 10.3. The van der Waals surface area contributed by atoms with Crippen LogP contribution in [0.5, 0.6) is 0 Å². The molecule has 0 radical (unpaired) electrons. The smallest absolute Gasteiger partial charge is 0.261 e. The van der Waals surface area contributed by atoms with Gasteiger partial charge in [-0.3, -0.25) is 4.72 Å². The minimum absolute atomic E-state index is 0.189. The van der Waals surface area contributed by atoms with Gasteiger partial charge in [-0.05, 0) is 72.4 Å². The minimum Gasteiger partial charge on any atom is -0.378 e. The molecule has 31 heavy (non-hydrogen) atoms. The Hall–Kier alpha value is -2.76. The maximum absolute atomic E-state index is 13.1. The Labute approximate surface area is 188 Å². The number of fused-ring (bicyclic) bond motifs is 3. The number of halogens is 1. The number of sulfonamides is 1. The summed E-state index contributed by atoms with van der Waals surface area (Å²) in [6.45, 7) is 1.83. The molecule has 0 spiro atoms. The molecular weight excluding hydrogens is 428 g/mol. The topological polar surface area (TPSA) is 58.2 Å². The quantitative estimate of drug-likeness (QED) is 0.460. The number of allylic oxidation sites excluding steroid dienone is 2. The van der Waals surface area contributed by atoms with Crippen molar-refractivity contribution in [1.29, 1.82) is 0 Å². The van der Waals surface area contributed by atoms with E-state index in [1.165, 1.54) is 5.56 Å². The Morgan fingerprint density at radius 3 is 2.61 bits per heavy atom. The molecule has 3 atom stereocenters. The van der Waals surface area contributed by atoms with Gasteiger partial charge in [-0.1, -0.05) is 54.1 Å². The van der Waals surface area contributed by atoms with Crippen molar-refractivity contribution >= 4 is 33.0 Å². The van der Waals surface area contributed by atoms with Gasteiger partial charge < -0.3 is 5.32 Å². The summed E-state index contributed by atoms with van der Waals surface area (Å²) in [5, 5.41) is 4.23. The number of aryl methyl sites for hydroxylation is 1. The largest absolute Gasteiger partial charge is 0.378 e. The fraction of sp³-hybridized carbons (Fsp3) is 0.200. The van der Waals surface area contributed by atoms with Crippen LogP contribution in [0.1, 0.15) is 35.1 Å². The van der Waals surface area contributed by atoms with Crippen LogP contribution in [0, 0.1) is 12.8 Å². The van der Waals surface area contributed by atoms with E-state index in [1.807, 2.05) is 25.1 Å². The fourth-order valence-electron chi connectivity index (χ4n) is 4.68. The van der Waals surface area contributed by atoms with E-state index in [1.54, 1.807) is 24.3 Å². The van der Waals surface area contributed by atoms with E-state index in [4.69, 9.17) is 11.6 Å². The average molecular weight is 451 g/mol. The van der Waals surface area contributed by atoms with Crippen molar-refractivity contribution in [2.24, 2.45) is 5.92 Å².